The standard InChI is InChI=1S/C21H18F3N3O2S2/c22-21(23,24)20(29,19-27-14-7-2-4-9-16(14)31-19)12-17(28)25-11-5-10-18-26-13-6-1-3-8-15(13)30-18/h1-4,6-9,29H,5,10-12H2,(H,25,28). The van der Waals surface area contributed by atoms with Crippen LogP contribution in [-0.4, -0.2) is 33.7 Å². The van der Waals surface area contributed by atoms with Crippen molar-refractivity contribution in [1.29, 1.82) is 0 Å². The minimum atomic E-state index is -5.04. The molecule has 0 aliphatic heterocycles. The van der Waals surface area contributed by atoms with Gasteiger partial charge in [-0.2, -0.15) is 13.2 Å². The van der Waals surface area contributed by atoms with E-state index >= 15 is 0 Å². The Morgan fingerprint density at radius 1 is 0.968 bits per heavy atom. The molecule has 1 amide bonds. The van der Waals surface area contributed by atoms with Crippen LogP contribution in [0.4, 0.5) is 13.2 Å². The van der Waals surface area contributed by atoms with E-state index in [2.05, 4.69) is 15.3 Å². The summed E-state index contributed by atoms with van der Waals surface area (Å²) in [6, 6.07) is 14.2. The number of aryl methyl sites for hydroxylation is 1. The Kier molecular flexibility index (Phi) is 5.96. The Morgan fingerprint density at radius 2 is 1.58 bits per heavy atom. The molecule has 0 fully saturated rings. The maximum Gasteiger partial charge on any atom is 0.424 e. The number of aromatic nitrogens is 2. The van der Waals surface area contributed by atoms with Crippen LogP contribution in [0, 0.1) is 0 Å². The number of para-hydroxylation sites is 2. The molecule has 1 atom stereocenters. The predicted molar refractivity (Wildman–Crippen MR) is 115 cm³/mol. The minimum absolute atomic E-state index is 0.183. The van der Waals surface area contributed by atoms with Gasteiger partial charge in [-0.05, 0) is 30.7 Å². The third-order valence-corrected chi connectivity index (χ3v) is 7.04. The second-order valence-electron chi connectivity index (χ2n) is 7.05. The highest BCUT2D eigenvalue weighted by molar-refractivity contribution is 7.19. The number of nitrogens with zero attached hydrogens (tertiary/aromatic N) is 2. The van der Waals surface area contributed by atoms with Crippen LogP contribution >= 0.6 is 22.7 Å². The van der Waals surface area contributed by atoms with E-state index in [-0.39, 0.29) is 6.54 Å². The minimum Gasteiger partial charge on any atom is -0.374 e. The maximum atomic E-state index is 13.7. The lowest BCUT2D eigenvalue weighted by Crippen LogP contribution is -2.46. The molecule has 0 saturated carbocycles. The lowest BCUT2D eigenvalue weighted by molar-refractivity contribution is -0.267. The molecule has 0 bridgehead atoms. The molecule has 2 N–H and O–H groups in total. The van der Waals surface area contributed by atoms with E-state index in [0.29, 0.717) is 23.1 Å². The van der Waals surface area contributed by atoms with E-state index in [1.807, 2.05) is 24.3 Å². The number of aliphatic hydroxyl groups is 1. The summed E-state index contributed by atoms with van der Waals surface area (Å²) in [4.78, 5) is 20.7. The molecule has 0 saturated heterocycles. The van der Waals surface area contributed by atoms with Crippen LogP contribution in [0.1, 0.15) is 22.9 Å². The van der Waals surface area contributed by atoms with Gasteiger partial charge < -0.3 is 10.4 Å². The number of halogens is 3. The van der Waals surface area contributed by atoms with Crippen LogP contribution in [0.15, 0.2) is 48.5 Å². The Labute approximate surface area is 183 Å². The second-order valence-corrected chi connectivity index (χ2v) is 9.20. The number of thiazole rings is 2. The SMILES string of the molecule is O=C(CC(O)(c1nc2ccccc2s1)C(F)(F)F)NCCCc1nc2ccccc2s1. The monoisotopic (exact) mass is 465 g/mol. The Morgan fingerprint density at radius 3 is 2.19 bits per heavy atom. The van der Waals surface area contributed by atoms with Gasteiger partial charge in [-0.1, -0.05) is 24.3 Å². The third kappa shape index (κ3) is 4.56. The average Bonchev–Trinajstić information content (AvgIpc) is 3.34. The first-order valence-corrected chi connectivity index (χ1v) is 11.2. The van der Waals surface area contributed by atoms with Gasteiger partial charge in [0, 0.05) is 13.0 Å². The van der Waals surface area contributed by atoms with Gasteiger partial charge in [-0.15, -0.1) is 22.7 Å². The van der Waals surface area contributed by atoms with Crippen LogP contribution in [0.2, 0.25) is 0 Å². The summed E-state index contributed by atoms with van der Waals surface area (Å²) in [7, 11) is 0. The van der Waals surface area contributed by atoms with E-state index in [4.69, 9.17) is 0 Å². The highest BCUT2D eigenvalue weighted by Crippen LogP contribution is 2.44. The van der Waals surface area contributed by atoms with Gasteiger partial charge in [0.05, 0.1) is 31.9 Å². The molecule has 10 heteroatoms. The van der Waals surface area contributed by atoms with Crippen molar-refractivity contribution in [2.75, 3.05) is 6.54 Å². The fraction of sp³-hybridized carbons (Fsp3) is 0.286. The van der Waals surface area contributed by atoms with Crippen molar-refractivity contribution in [2.24, 2.45) is 0 Å². The molecule has 162 valence electrons. The molecule has 2 aromatic carbocycles. The number of fused-ring (bicyclic) bond motifs is 2. The summed E-state index contributed by atoms with van der Waals surface area (Å²) in [6.45, 7) is 0.183. The number of rotatable bonds is 7. The first-order chi connectivity index (χ1) is 14.8. The maximum absolute atomic E-state index is 13.7. The smallest absolute Gasteiger partial charge is 0.374 e. The zero-order valence-electron chi connectivity index (χ0n) is 16.1. The molecule has 0 radical (unpaired) electrons. The van der Waals surface area contributed by atoms with E-state index in [1.165, 1.54) is 0 Å². The normalized spacial score (nSPS) is 14.1. The summed E-state index contributed by atoms with van der Waals surface area (Å²) < 4.78 is 42.7. The number of hydrogen-bond acceptors (Lipinski definition) is 6. The zero-order chi connectivity index (χ0) is 22.1. The van der Waals surface area contributed by atoms with Gasteiger partial charge in [0.15, 0.2) is 0 Å². The van der Waals surface area contributed by atoms with Crippen LogP contribution < -0.4 is 5.32 Å². The lowest BCUT2D eigenvalue weighted by atomic mass is 9.99. The molecular formula is C21H18F3N3O2S2. The van der Waals surface area contributed by atoms with Gasteiger partial charge in [-0.3, -0.25) is 4.79 Å². The van der Waals surface area contributed by atoms with Crippen molar-refractivity contribution >= 4 is 49.0 Å². The first-order valence-electron chi connectivity index (χ1n) is 9.52. The quantitative estimate of drug-likeness (QED) is 0.385. The van der Waals surface area contributed by atoms with Crippen molar-refractivity contribution < 1.29 is 23.1 Å². The molecule has 0 aliphatic rings. The summed E-state index contributed by atoms with van der Waals surface area (Å²) in [5.41, 5.74) is -2.09. The zero-order valence-corrected chi connectivity index (χ0v) is 17.8. The summed E-state index contributed by atoms with van der Waals surface area (Å²) >= 11 is 2.28. The fourth-order valence-electron chi connectivity index (χ4n) is 3.14. The summed E-state index contributed by atoms with van der Waals surface area (Å²) in [5.74, 6) is -0.886. The molecule has 4 aromatic rings. The van der Waals surface area contributed by atoms with Gasteiger partial charge in [0.25, 0.3) is 0 Å². The van der Waals surface area contributed by atoms with Crippen molar-refractivity contribution in [3.05, 3.63) is 58.5 Å². The topological polar surface area (TPSA) is 75.1 Å². The van der Waals surface area contributed by atoms with Gasteiger partial charge in [-0.25, -0.2) is 9.97 Å². The molecule has 2 heterocycles. The Bertz CT molecular complexity index is 1160. The van der Waals surface area contributed by atoms with Gasteiger partial charge in [0.2, 0.25) is 11.5 Å². The van der Waals surface area contributed by atoms with Crippen LogP contribution in [0.5, 0.6) is 0 Å². The molecule has 2 aromatic heterocycles. The Hall–Kier alpha value is -2.56. The van der Waals surface area contributed by atoms with Crippen molar-refractivity contribution in [3.63, 3.8) is 0 Å². The van der Waals surface area contributed by atoms with Crippen LogP contribution in [0.3, 0.4) is 0 Å². The number of hydrogen-bond donors (Lipinski definition) is 2. The molecule has 5 nitrogen and oxygen atoms in total. The molecule has 1 unspecified atom stereocenters. The van der Waals surface area contributed by atoms with Crippen molar-refractivity contribution in [3.8, 4) is 0 Å². The summed E-state index contributed by atoms with van der Waals surface area (Å²) in [5, 5.41) is 13.3. The molecule has 31 heavy (non-hydrogen) atoms. The molecule has 0 spiro atoms. The Balaban J connectivity index is 1.38. The van der Waals surface area contributed by atoms with Crippen molar-refractivity contribution in [2.45, 2.75) is 31.0 Å². The van der Waals surface area contributed by atoms with Crippen molar-refractivity contribution in [1.82, 2.24) is 15.3 Å². The predicted octanol–water partition coefficient (Wildman–Crippen LogP) is 4.80. The van der Waals surface area contributed by atoms with Crippen LogP contribution in [0.25, 0.3) is 20.4 Å². The molecular weight excluding hydrogens is 447 g/mol. The largest absolute Gasteiger partial charge is 0.424 e. The number of carbonyl (C=O) groups excluding carboxylic acids is 1. The molecule has 0 aliphatic carbocycles. The highest BCUT2D eigenvalue weighted by Gasteiger charge is 2.58. The number of benzene rings is 2. The van der Waals surface area contributed by atoms with Crippen LogP contribution in [-0.2, 0) is 16.8 Å². The van der Waals surface area contributed by atoms with E-state index < -0.39 is 29.1 Å². The lowest BCUT2D eigenvalue weighted by Gasteiger charge is -2.27. The van der Waals surface area contributed by atoms with Gasteiger partial charge in [0.1, 0.15) is 5.01 Å². The summed E-state index contributed by atoms with van der Waals surface area (Å²) in [6.07, 6.45) is -5.06. The molecule has 4 rings (SSSR count). The van der Waals surface area contributed by atoms with E-state index in [0.717, 1.165) is 26.6 Å². The van der Waals surface area contributed by atoms with E-state index in [1.54, 1.807) is 35.6 Å². The van der Waals surface area contributed by atoms with Gasteiger partial charge >= 0.3 is 6.18 Å². The second kappa shape index (κ2) is 8.52. The number of carbonyl (C=O) groups is 1. The fourth-order valence-corrected chi connectivity index (χ4v) is 5.22. The number of alkyl halides is 3. The number of amides is 1. The third-order valence-electron chi connectivity index (χ3n) is 4.76. The first kappa shape index (κ1) is 21.7. The average molecular weight is 466 g/mol. The van der Waals surface area contributed by atoms with E-state index in [9.17, 15) is 23.1 Å². The number of nitrogens with one attached hydrogen (secondary N) is 1. The highest BCUT2D eigenvalue weighted by atomic mass is 32.1.